The second kappa shape index (κ2) is 6.57. The number of carbonyl (C=O) groups is 1. The number of hydrogen-bond donors (Lipinski definition) is 2. The lowest BCUT2D eigenvalue weighted by Gasteiger charge is -2.31. The summed E-state index contributed by atoms with van der Waals surface area (Å²) in [6, 6.07) is 7.35. The average Bonchev–Trinajstić information content (AvgIpc) is 3.10. The fourth-order valence-corrected chi connectivity index (χ4v) is 2.56. The molecular formula is C15H19N5O2. The van der Waals surface area contributed by atoms with Crippen molar-refractivity contribution >= 4 is 11.7 Å². The highest BCUT2D eigenvalue weighted by atomic mass is 16.3. The monoisotopic (exact) mass is 301 g/mol. The molecule has 0 bridgehead atoms. The van der Waals surface area contributed by atoms with E-state index in [9.17, 15) is 4.79 Å². The van der Waals surface area contributed by atoms with E-state index in [2.05, 4.69) is 15.6 Å². The van der Waals surface area contributed by atoms with E-state index >= 15 is 0 Å². The van der Waals surface area contributed by atoms with Gasteiger partial charge < -0.3 is 15.3 Å². The molecule has 1 fully saturated rings. The first-order valence-electron chi connectivity index (χ1n) is 7.40. The highest BCUT2D eigenvalue weighted by molar-refractivity contribution is 5.89. The summed E-state index contributed by atoms with van der Waals surface area (Å²) >= 11 is 0. The van der Waals surface area contributed by atoms with Gasteiger partial charge in [0.2, 0.25) is 0 Å². The Morgan fingerprint density at radius 1 is 1.27 bits per heavy atom. The number of anilines is 1. The summed E-state index contributed by atoms with van der Waals surface area (Å²) in [5, 5.41) is 19.7. The maximum Gasteiger partial charge on any atom is 0.321 e. The maximum atomic E-state index is 12.2. The summed E-state index contributed by atoms with van der Waals surface area (Å²) < 4.78 is 1.66. The molecule has 7 heteroatoms. The molecule has 1 aliphatic rings. The zero-order valence-electron chi connectivity index (χ0n) is 12.2. The van der Waals surface area contributed by atoms with Gasteiger partial charge in [-0.3, -0.25) is 0 Å². The van der Waals surface area contributed by atoms with E-state index in [-0.39, 0.29) is 12.6 Å². The number of piperidine rings is 1. The first-order valence-corrected chi connectivity index (χ1v) is 7.40. The summed E-state index contributed by atoms with van der Waals surface area (Å²) in [6.07, 6.45) is 5.09. The molecule has 1 aliphatic heterocycles. The van der Waals surface area contributed by atoms with Gasteiger partial charge in [0.15, 0.2) is 0 Å². The molecule has 0 saturated carbocycles. The van der Waals surface area contributed by atoms with Gasteiger partial charge in [-0.05, 0) is 43.0 Å². The third kappa shape index (κ3) is 3.25. The number of aliphatic hydroxyl groups excluding tert-OH is 1. The minimum absolute atomic E-state index is 0.0927. The molecule has 0 spiro atoms. The largest absolute Gasteiger partial charge is 0.396 e. The van der Waals surface area contributed by atoms with Gasteiger partial charge in [0.25, 0.3) is 0 Å². The second-order valence-corrected chi connectivity index (χ2v) is 5.44. The zero-order valence-corrected chi connectivity index (χ0v) is 12.2. The number of benzene rings is 1. The predicted molar refractivity (Wildman–Crippen MR) is 81.8 cm³/mol. The Hall–Kier alpha value is -2.41. The molecule has 0 atom stereocenters. The van der Waals surface area contributed by atoms with Crippen LogP contribution in [0.2, 0.25) is 0 Å². The molecule has 2 aromatic rings. The first kappa shape index (κ1) is 14.5. The SMILES string of the molecule is O=C(Nc1ccc(-n2ccnn2)cc1)N1CCC(CO)CC1. The highest BCUT2D eigenvalue weighted by Crippen LogP contribution is 2.18. The standard InChI is InChI=1S/C15H19N5O2/c21-11-12-5-8-19(9-6-12)15(22)17-13-1-3-14(4-2-13)20-10-7-16-18-20/h1-4,7,10,12,21H,5-6,8-9,11H2,(H,17,22). The lowest BCUT2D eigenvalue weighted by atomic mass is 9.98. The first-order chi connectivity index (χ1) is 10.8. The minimum Gasteiger partial charge on any atom is -0.396 e. The molecule has 0 radical (unpaired) electrons. The molecule has 1 aromatic carbocycles. The summed E-state index contributed by atoms with van der Waals surface area (Å²) in [5.74, 6) is 0.325. The van der Waals surface area contributed by atoms with Crippen LogP contribution >= 0.6 is 0 Å². The van der Waals surface area contributed by atoms with Crippen molar-refractivity contribution in [3.8, 4) is 5.69 Å². The molecule has 22 heavy (non-hydrogen) atoms. The quantitative estimate of drug-likeness (QED) is 0.900. The molecule has 116 valence electrons. The Balaban J connectivity index is 1.58. The van der Waals surface area contributed by atoms with Crippen LogP contribution in [0, 0.1) is 5.92 Å². The lowest BCUT2D eigenvalue weighted by Crippen LogP contribution is -2.41. The van der Waals surface area contributed by atoms with Gasteiger partial charge in [-0.2, -0.15) is 0 Å². The van der Waals surface area contributed by atoms with Crippen molar-refractivity contribution in [1.29, 1.82) is 0 Å². The van der Waals surface area contributed by atoms with Crippen LogP contribution in [0.5, 0.6) is 0 Å². The van der Waals surface area contributed by atoms with Crippen molar-refractivity contribution in [2.75, 3.05) is 25.0 Å². The molecule has 2 amide bonds. The van der Waals surface area contributed by atoms with Crippen molar-refractivity contribution in [2.45, 2.75) is 12.8 Å². The molecule has 0 unspecified atom stereocenters. The number of nitrogens with one attached hydrogen (secondary N) is 1. The van der Waals surface area contributed by atoms with Gasteiger partial charge in [0, 0.05) is 25.4 Å². The van der Waals surface area contributed by atoms with E-state index in [0.29, 0.717) is 19.0 Å². The van der Waals surface area contributed by atoms with Crippen molar-refractivity contribution in [2.24, 2.45) is 5.92 Å². The Kier molecular flexibility index (Phi) is 4.34. The fourth-order valence-electron chi connectivity index (χ4n) is 2.56. The minimum atomic E-state index is -0.0927. The maximum absolute atomic E-state index is 12.2. The van der Waals surface area contributed by atoms with Crippen LogP contribution < -0.4 is 5.32 Å². The van der Waals surface area contributed by atoms with Crippen LogP contribution in [0.3, 0.4) is 0 Å². The van der Waals surface area contributed by atoms with Crippen molar-refractivity contribution in [1.82, 2.24) is 19.9 Å². The Morgan fingerprint density at radius 2 is 2.00 bits per heavy atom. The summed E-state index contributed by atoms with van der Waals surface area (Å²) in [7, 11) is 0. The number of urea groups is 1. The highest BCUT2D eigenvalue weighted by Gasteiger charge is 2.22. The number of rotatable bonds is 3. The third-order valence-electron chi connectivity index (χ3n) is 3.97. The predicted octanol–water partition coefficient (Wildman–Crippen LogP) is 1.50. The number of likely N-dealkylation sites (tertiary alicyclic amines) is 1. The zero-order chi connectivity index (χ0) is 15.4. The van der Waals surface area contributed by atoms with Gasteiger partial charge >= 0.3 is 6.03 Å². The van der Waals surface area contributed by atoms with E-state index in [4.69, 9.17) is 5.11 Å². The Bertz CT molecular complexity index is 603. The molecule has 1 aromatic heterocycles. The third-order valence-corrected chi connectivity index (χ3v) is 3.97. The average molecular weight is 301 g/mol. The van der Waals surface area contributed by atoms with E-state index in [1.807, 2.05) is 24.3 Å². The van der Waals surface area contributed by atoms with Crippen LogP contribution in [0.4, 0.5) is 10.5 Å². The van der Waals surface area contributed by atoms with Crippen molar-refractivity contribution in [3.63, 3.8) is 0 Å². The Labute approximate surface area is 128 Å². The number of aromatic nitrogens is 3. The van der Waals surface area contributed by atoms with E-state index in [0.717, 1.165) is 24.2 Å². The fraction of sp³-hybridized carbons (Fsp3) is 0.400. The second-order valence-electron chi connectivity index (χ2n) is 5.44. The van der Waals surface area contributed by atoms with Crippen LogP contribution in [-0.4, -0.2) is 50.7 Å². The number of amides is 2. The molecule has 3 rings (SSSR count). The molecular weight excluding hydrogens is 282 g/mol. The van der Waals surface area contributed by atoms with E-state index in [1.54, 1.807) is 22.0 Å². The molecule has 2 heterocycles. The lowest BCUT2D eigenvalue weighted by molar-refractivity contribution is 0.143. The number of aliphatic hydroxyl groups is 1. The van der Waals surface area contributed by atoms with Crippen molar-refractivity contribution < 1.29 is 9.90 Å². The summed E-state index contributed by atoms with van der Waals surface area (Å²) in [6.45, 7) is 1.58. The number of hydrogen-bond acceptors (Lipinski definition) is 4. The van der Waals surface area contributed by atoms with Crippen molar-refractivity contribution in [3.05, 3.63) is 36.7 Å². The van der Waals surface area contributed by atoms with E-state index in [1.165, 1.54) is 0 Å². The van der Waals surface area contributed by atoms with Gasteiger partial charge in [-0.25, -0.2) is 9.48 Å². The normalized spacial score (nSPS) is 15.8. The summed E-state index contributed by atoms with van der Waals surface area (Å²) in [5.41, 5.74) is 1.64. The van der Waals surface area contributed by atoms with E-state index < -0.39 is 0 Å². The van der Waals surface area contributed by atoms with Gasteiger partial charge in [0.05, 0.1) is 18.1 Å². The molecule has 7 nitrogen and oxygen atoms in total. The topological polar surface area (TPSA) is 83.3 Å². The van der Waals surface area contributed by atoms with Crippen LogP contribution in [-0.2, 0) is 0 Å². The number of nitrogens with zero attached hydrogens (tertiary/aromatic N) is 4. The number of carbonyl (C=O) groups excluding carboxylic acids is 1. The Morgan fingerprint density at radius 3 is 2.59 bits per heavy atom. The van der Waals surface area contributed by atoms with Gasteiger partial charge in [-0.1, -0.05) is 5.21 Å². The van der Waals surface area contributed by atoms with Crippen LogP contribution in [0.15, 0.2) is 36.7 Å². The van der Waals surface area contributed by atoms with Crippen LogP contribution in [0.1, 0.15) is 12.8 Å². The summed E-state index contributed by atoms with van der Waals surface area (Å²) in [4.78, 5) is 14.0. The van der Waals surface area contributed by atoms with Crippen LogP contribution in [0.25, 0.3) is 5.69 Å². The molecule has 2 N–H and O–H groups in total. The smallest absolute Gasteiger partial charge is 0.321 e. The van der Waals surface area contributed by atoms with Gasteiger partial charge in [0.1, 0.15) is 0 Å². The van der Waals surface area contributed by atoms with Gasteiger partial charge in [-0.15, -0.1) is 5.10 Å². The molecule has 0 aliphatic carbocycles. The molecule has 1 saturated heterocycles.